The smallest absolute Gasteiger partial charge is 0.223 e. The number of anilines is 2. The lowest BCUT2D eigenvalue weighted by Crippen LogP contribution is -2.44. The van der Waals surface area contributed by atoms with Crippen molar-refractivity contribution in [2.75, 3.05) is 37.3 Å². The van der Waals surface area contributed by atoms with E-state index in [2.05, 4.69) is 44.5 Å². The summed E-state index contributed by atoms with van der Waals surface area (Å²) in [5.41, 5.74) is 6.91. The molecule has 1 aromatic heterocycles. The third kappa shape index (κ3) is 4.79. The maximum Gasteiger partial charge on any atom is 0.223 e. The van der Waals surface area contributed by atoms with Crippen molar-refractivity contribution in [3.63, 3.8) is 0 Å². The van der Waals surface area contributed by atoms with E-state index in [0.717, 1.165) is 26.2 Å². The first-order valence-electron chi connectivity index (χ1n) is 7.61. The number of nitrogens with one attached hydrogen (secondary N) is 1. The molecule has 6 nitrogen and oxygen atoms in total. The number of hydrogen-bond donors (Lipinski definition) is 2. The summed E-state index contributed by atoms with van der Waals surface area (Å²) in [6, 6.07) is 12.1. The minimum Gasteiger partial charge on any atom is -0.374 e. The summed E-state index contributed by atoms with van der Waals surface area (Å²) in [7, 11) is 0. The summed E-state index contributed by atoms with van der Waals surface area (Å²) in [5.74, 6) is 0.779. The van der Waals surface area contributed by atoms with Crippen LogP contribution in [0.5, 0.6) is 0 Å². The first-order chi connectivity index (χ1) is 11.2. The van der Waals surface area contributed by atoms with Crippen molar-refractivity contribution >= 4 is 23.4 Å². The molecule has 1 atom stereocenters. The van der Waals surface area contributed by atoms with Crippen molar-refractivity contribution in [3.8, 4) is 0 Å². The Hall–Kier alpha value is -1.89. The zero-order chi connectivity index (χ0) is 16.1. The van der Waals surface area contributed by atoms with Gasteiger partial charge >= 0.3 is 0 Å². The van der Waals surface area contributed by atoms with Gasteiger partial charge in [-0.05, 0) is 5.56 Å². The van der Waals surface area contributed by atoms with Crippen LogP contribution < -0.4 is 11.1 Å². The molecular formula is C16H20ClN5O. The molecule has 1 saturated heterocycles. The SMILES string of the molecule is Nc1nc(Cl)cc(NC[C@@H]2CN(Cc3ccccc3)CCO2)n1. The highest BCUT2D eigenvalue weighted by Crippen LogP contribution is 2.14. The Morgan fingerprint density at radius 2 is 2.13 bits per heavy atom. The summed E-state index contributed by atoms with van der Waals surface area (Å²) in [6.07, 6.45) is 0.0995. The summed E-state index contributed by atoms with van der Waals surface area (Å²) < 4.78 is 5.82. The number of morpholine rings is 1. The van der Waals surface area contributed by atoms with Crippen LogP contribution in [0.2, 0.25) is 5.15 Å². The van der Waals surface area contributed by atoms with Gasteiger partial charge in [0.15, 0.2) is 0 Å². The molecule has 3 rings (SSSR count). The number of nitrogen functional groups attached to an aromatic ring is 1. The molecule has 2 heterocycles. The number of ether oxygens (including phenoxy) is 1. The zero-order valence-electron chi connectivity index (χ0n) is 12.8. The van der Waals surface area contributed by atoms with Gasteiger partial charge in [0.05, 0.1) is 12.7 Å². The van der Waals surface area contributed by atoms with Crippen LogP contribution in [0.25, 0.3) is 0 Å². The molecule has 1 aliphatic heterocycles. The summed E-state index contributed by atoms with van der Waals surface area (Å²) >= 11 is 5.87. The summed E-state index contributed by atoms with van der Waals surface area (Å²) in [5, 5.41) is 3.54. The third-order valence-electron chi connectivity index (χ3n) is 3.69. The van der Waals surface area contributed by atoms with Crippen molar-refractivity contribution in [1.82, 2.24) is 14.9 Å². The van der Waals surface area contributed by atoms with Crippen LogP contribution >= 0.6 is 11.6 Å². The van der Waals surface area contributed by atoms with E-state index in [0.29, 0.717) is 17.5 Å². The van der Waals surface area contributed by atoms with E-state index in [1.165, 1.54) is 5.56 Å². The van der Waals surface area contributed by atoms with E-state index in [9.17, 15) is 0 Å². The fraction of sp³-hybridized carbons (Fsp3) is 0.375. The van der Waals surface area contributed by atoms with Gasteiger partial charge in [-0.3, -0.25) is 4.90 Å². The lowest BCUT2D eigenvalue weighted by atomic mass is 10.2. The van der Waals surface area contributed by atoms with Crippen LogP contribution in [0.15, 0.2) is 36.4 Å². The van der Waals surface area contributed by atoms with Gasteiger partial charge in [-0.2, -0.15) is 4.98 Å². The molecule has 0 saturated carbocycles. The Kier molecular flexibility index (Phi) is 5.27. The largest absolute Gasteiger partial charge is 0.374 e. The van der Waals surface area contributed by atoms with Gasteiger partial charge in [0.2, 0.25) is 5.95 Å². The van der Waals surface area contributed by atoms with Crippen molar-refractivity contribution in [1.29, 1.82) is 0 Å². The lowest BCUT2D eigenvalue weighted by Gasteiger charge is -2.33. The van der Waals surface area contributed by atoms with E-state index >= 15 is 0 Å². The molecule has 0 aliphatic carbocycles. The fourth-order valence-corrected chi connectivity index (χ4v) is 2.82. The molecular weight excluding hydrogens is 314 g/mol. The minimum absolute atomic E-state index is 0.0995. The average molecular weight is 334 g/mol. The molecule has 2 aromatic rings. The normalized spacial score (nSPS) is 18.7. The molecule has 0 radical (unpaired) electrons. The second-order valence-corrected chi connectivity index (χ2v) is 5.92. The van der Waals surface area contributed by atoms with Crippen molar-refractivity contribution in [2.45, 2.75) is 12.6 Å². The highest BCUT2D eigenvalue weighted by atomic mass is 35.5. The number of aromatic nitrogens is 2. The maximum atomic E-state index is 5.87. The molecule has 7 heteroatoms. The standard InChI is InChI=1S/C16H20ClN5O/c17-14-8-15(21-16(18)20-14)19-9-13-11-22(6-7-23-13)10-12-4-2-1-3-5-12/h1-5,8,13H,6-7,9-11H2,(H3,18,19,20,21)/t13-/m1/s1. The Balaban J connectivity index is 1.52. The minimum atomic E-state index is 0.0995. The third-order valence-corrected chi connectivity index (χ3v) is 3.89. The number of rotatable bonds is 5. The molecule has 122 valence electrons. The van der Waals surface area contributed by atoms with Gasteiger partial charge in [-0.1, -0.05) is 41.9 Å². The molecule has 1 aliphatic rings. The van der Waals surface area contributed by atoms with Gasteiger partial charge in [0, 0.05) is 32.2 Å². The predicted molar refractivity (Wildman–Crippen MR) is 91.4 cm³/mol. The van der Waals surface area contributed by atoms with E-state index in [4.69, 9.17) is 22.1 Å². The topological polar surface area (TPSA) is 76.3 Å². The first-order valence-corrected chi connectivity index (χ1v) is 7.98. The van der Waals surface area contributed by atoms with Gasteiger partial charge in [-0.15, -0.1) is 0 Å². The Morgan fingerprint density at radius 3 is 2.91 bits per heavy atom. The number of hydrogen-bond acceptors (Lipinski definition) is 6. The van der Waals surface area contributed by atoms with Crippen LogP contribution in [0.3, 0.4) is 0 Å². The van der Waals surface area contributed by atoms with Crippen molar-refractivity contribution in [2.24, 2.45) is 0 Å². The molecule has 0 amide bonds. The van der Waals surface area contributed by atoms with Gasteiger partial charge in [-0.25, -0.2) is 4.98 Å². The quantitative estimate of drug-likeness (QED) is 0.815. The summed E-state index contributed by atoms with van der Waals surface area (Å²) in [4.78, 5) is 10.3. The molecule has 3 N–H and O–H groups in total. The van der Waals surface area contributed by atoms with E-state index < -0.39 is 0 Å². The fourth-order valence-electron chi connectivity index (χ4n) is 2.63. The van der Waals surface area contributed by atoms with Crippen LogP contribution in [0, 0.1) is 0 Å². The summed E-state index contributed by atoms with van der Waals surface area (Å²) in [6.45, 7) is 4.13. The second-order valence-electron chi connectivity index (χ2n) is 5.53. The molecule has 0 unspecified atom stereocenters. The second kappa shape index (κ2) is 7.59. The van der Waals surface area contributed by atoms with Crippen molar-refractivity contribution in [3.05, 3.63) is 47.1 Å². The Labute approximate surface area is 140 Å². The van der Waals surface area contributed by atoms with Crippen LogP contribution in [0.4, 0.5) is 11.8 Å². The molecule has 0 bridgehead atoms. The number of nitrogens with zero attached hydrogens (tertiary/aromatic N) is 3. The Bertz CT molecular complexity index is 619. The van der Waals surface area contributed by atoms with E-state index in [1.807, 2.05) is 6.07 Å². The van der Waals surface area contributed by atoms with Crippen LogP contribution in [-0.4, -0.2) is 47.2 Å². The zero-order valence-corrected chi connectivity index (χ0v) is 13.5. The highest BCUT2D eigenvalue weighted by Gasteiger charge is 2.20. The molecule has 1 aromatic carbocycles. The highest BCUT2D eigenvalue weighted by molar-refractivity contribution is 6.29. The monoisotopic (exact) mass is 333 g/mol. The average Bonchev–Trinajstić information content (AvgIpc) is 2.53. The van der Waals surface area contributed by atoms with Gasteiger partial charge in [0.25, 0.3) is 0 Å². The predicted octanol–water partition coefficient (Wildman–Crippen LogP) is 2.03. The maximum absolute atomic E-state index is 5.87. The van der Waals surface area contributed by atoms with Crippen LogP contribution in [-0.2, 0) is 11.3 Å². The lowest BCUT2D eigenvalue weighted by molar-refractivity contribution is -0.0240. The van der Waals surface area contributed by atoms with Gasteiger partial charge in [0.1, 0.15) is 11.0 Å². The molecule has 1 fully saturated rings. The van der Waals surface area contributed by atoms with Crippen molar-refractivity contribution < 1.29 is 4.74 Å². The van der Waals surface area contributed by atoms with Gasteiger partial charge < -0.3 is 15.8 Å². The van der Waals surface area contributed by atoms with E-state index in [1.54, 1.807) is 6.07 Å². The number of nitrogens with two attached hydrogens (primary N) is 1. The number of benzene rings is 1. The molecule has 0 spiro atoms. The number of halogens is 1. The first kappa shape index (κ1) is 16.0. The molecule has 23 heavy (non-hydrogen) atoms. The Morgan fingerprint density at radius 1 is 1.30 bits per heavy atom. The van der Waals surface area contributed by atoms with Crippen LogP contribution in [0.1, 0.15) is 5.56 Å². The van der Waals surface area contributed by atoms with E-state index in [-0.39, 0.29) is 12.1 Å².